The molecule has 116 valence electrons. The van der Waals surface area contributed by atoms with Crippen LogP contribution in [0.25, 0.3) is 0 Å². The van der Waals surface area contributed by atoms with Crippen LogP contribution in [0.3, 0.4) is 0 Å². The van der Waals surface area contributed by atoms with Crippen LogP contribution in [-0.2, 0) is 6.18 Å². The van der Waals surface area contributed by atoms with Crippen molar-refractivity contribution in [3.63, 3.8) is 0 Å². The van der Waals surface area contributed by atoms with Crippen molar-refractivity contribution in [2.45, 2.75) is 38.0 Å². The summed E-state index contributed by atoms with van der Waals surface area (Å²) in [5.41, 5.74) is 0.334. The molecule has 3 aliphatic rings. The van der Waals surface area contributed by atoms with Gasteiger partial charge in [-0.05, 0) is 56.5 Å². The zero-order valence-corrected chi connectivity index (χ0v) is 12.2. The Kier molecular flexibility index (Phi) is 3.97. The van der Waals surface area contributed by atoms with E-state index in [1.807, 2.05) is 6.92 Å². The van der Waals surface area contributed by atoms with Crippen molar-refractivity contribution in [2.75, 3.05) is 19.6 Å². The molecule has 0 saturated carbocycles. The van der Waals surface area contributed by atoms with Gasteiger partial charge in [0.15, 0.2) is 0 Å². The van der Waals surface area contributed by atoms with E-state index in [1.54, 1.807) is 12.1 Å². The molecule has 2 unspecified atom stereocenters. The van der Waals surface area contributed by atoms with Crippen LogP contribution >= 0.6 is 0 Å². The van der Waals surface area contributed by atoms with E-state index in [0.29, 0.717) is 12.0 Å². The molecule has 4 rings (SSSR count). The van der Waals surface area contributed by atoms with Gasteiger partial charge < -0.3 is 10.2 Å². The average molecular weight is 298 g/mol. The molecule has 1 aromatic carbocycles. The number of halogens is 3. The summed E-state index contributed by atoms with van der Waals surface area (Å²) in [5, 5.41) is 3.60. The van der Waals surface area contributed by atoms with E-state index >= 15 is 0 Å². The molecule has 0 radical (unpaired) electrons. The molecule has 2 nitrogen and oxygen atoms in total. The highest BCUT2D eigenvalue weighted by molar-refractivity contribution is 5.26. The summed E-state index contributed by atoms with van der Waals surface area (Å²) in [6.45, 7) is 5.48. The van der Waals surface area contributed by atoms with Crippen molar-refractivity contribution in [1.82, 2.24) is 10.2 Å². The predicted octanol–water partition coefficient (Wildman–Crippen LogP) is 3.45. The highest BCUT2D eigenvalue weighted by atomic mass is 19.4. The van der Waals surface area contributed by atoms with E-state index in [9.17, 15) is 13.2 Å². The number of hydrogen-bond donors (Lipinski definition) is 1. The van der Waals surface area contributed by atoms with Gasteiger partial charge in [-0.25, -0.2) is 0 Å². The lowest BCUT2D eigenvalue weighted by atomic mass is 9.83. The van der Waals surface area contributed by atoms with Crippen molar-refractivity contribution in [1.29, 1.82) is 0 Å². The second-order valence-corrected chi connectivity index (χ2v) is 6.25. The Morgan fingerprint density at radius 3 is 2.24 bits per heavy atom. The molecule has 3 heterocycles. The lowest BCUT2D eigenvalue weighted by Gasteiger charge is -2.46. The summed E-state index contributed by atoms with van der Waals surface area (Å²) in [6.07, 6.45) is -1.79. The second kappa shape index (κ2) is 5.61. The molecule has 5 heteroatoms. The van der Waals surface area contributed by atoms with Gasteiger partial charge in [0.05, 0.1) is 5.56 Å². The predicted molar refractivity (Wildman–Crippen MR) is 75.9 cm³/mol. The molecule has 3 saturated heterocycles. The number of alkyl halides is 3. The zero-order chi connectivity index (χ0) is 15.0. The van der Waals surface area contributed by atoms with Crippen LogP contribution in [0.15, 0.2) is 24.3 Å². The molecular formula is C16H21F3N2. The second-order valence-electron chi connectivity index (χ2n) is 6.25. The molecule has 0 amide bonds. The lowest BCUT2D eigenvalue weighted by molar-refractivity contribution is -0.137. The monoisotopic (exact) mass is 298 g/mol. The van der Waals surface area contributed by atoms with Crippen LogP contribution < -0.4 is 5.32 Å². The smallest absolute Gasteiger partial charge is 0.306 e. The molecule has 0 spiro atoms. The Morgan fingerprint density at radius 1 is 1.14 bits per heavy atom. The zero-order valence-electron chi connectivity index (χ0n) is 12.2. The van der Waals surface area contributed by atoms with Crippen molar-refractivity contribution < 1.29 is 13.2 Å². The standard InChI is InChI=1S/C16H21F3N2/c1-11(12-2-4-14(5-3-12)16(17,18)19)20-15-10-21-8-6-13(15)7-9-21/h2-5,11,13,15,20H,6-10H2,1H3. The van der Waals surface area contributed by atoms with Gasteiger partial charge in [0.1, 0.15) is 0 Å². The van der Waals surface area contributed by atoms with Crippen LogP contribution in [0.1, 0.15) is 36.9 Å². The Morgan fingerprint density at radius 2 is 1.76 bits per heavy atom. The van der Waals surface area contributed by atoms with Crippen LogP contribution in [0, 0.1) is 5.92 Å². The molecule has 2 bridgehead atoms. The number of rotatable bonds is 3. The maximum absolute atomic E-state index is 12.6. The highest BCUT2D eigenvalue weighted by Gasteiger charge is 2.35. The van der Waals surface area contributed by atoms with Crippen molar-refractivity contribution in [3.8, 4) is 0 Å². The molecule has 0 aliphatic carbocycles. The van der Waals surface area contributed by atoms with Crippen LogP contribution in [0.5, 0.6) is 0 Å². The molecular weight excluding hydrogens is 277 g/mol. The minimum absolute atomic E-state index is 0.0813. The van der Waals surface area contributed by atoms with E-state index in [0.717, 1.165) is 12.1 Å². The van der Waals surface area contributed by atoms with E-state index in [2.05, 4.69) is 10.2 Å². The van der Waals surface area contributed by atoms with Gasteiger partial charge in [-0.2, -0.15) is 13.2 Å². The van der Waals surface area contributed by atoms with Gasteiger partial charge in [0.25, 0.3) is 0 Å². The van der Waals surface area contributed by atoms with E-state index in [1.165, 1.54) is 38.1 Å². The van der Waals surface area contributed by atoms with Crippen LogP contribution in [0.4, 0.5) is 13.2 Å². The van der Waals surface area contributed by atoms with Gasteiger partial charge in [-0.1, -0.05) is 12.1 Å². The fourth-order valence-electron chi connectivity index (χ4n) is 3.53. The fourth-order valence-corrected chi connectivity index (χ4v) is 3.53. The molecule has 3 aliphatic heterocycles. The molecule has 2 atom stereocenters. The van der Waals surface area contributed by atoms with E-state index < -0.39 is 11.7 Å². The number of nitrogens with zero attached hydrogens (tertiary/aromatic N) is 1. The number of hydrogen-bond acceptors (Lipinski definition) is 2. The SMILES string of the molecule is CC(NC1CN2CCC1CC2)c1ccc(C(F)(F)F)cc1. The maximum atomic E-state index is 12.6. The Balaban J connectivity index is 1.64. The van der Waals surface area contributed by atoms with Crippen molar-refractivity contribution in [3.05, 3.63) is 35.4 Å². The van der Waals surface area contributed by atoms with Crippen LogP contribution in [-0.4, -0.2) is 30.6 Å². The third kappa shape index (κ3) is 3.24. The molecule has 21 heavy (non-hydrogen) atoms. The third-order valence-electron chi connectivity index (χ3n) is 4.86. The third-order valence-corrected chi connectivity index (χ3v) is 4.86. The molecule has 1 aromatic rings. The van der Waals surface area contributed by atoms with Gasteiger partial charge >= 0.3 is 6.18 Å². The van der Waals surface area contributed by atoms with Gasteiger partial charge in [0, 0.05) is 18.6 Å². The summed E-state index contributed by atoms with van der Waals surface area (Å²) in [5.74, 6) is 0.715. The van der Waals surface area contributed by atoms with Gasteiger partial charge in [-0.15, -0.1) is 0 Å². The van der Waals surface area contributed by atoms with E-state index in [4.69, 9.17) is 0 Å². The summed E-state index contributed by atoms with van der Waals surface area (Å²) in [7, 11) is 0. The number of fused-ring (bicyclic) bond motifs is 3. The topological polar surface area (TPSA) is 15.3 Å². The van der Waals surface area contributed by atoms with Crippen molar-refractivity contribution in [2.24, 2.45) is 5.92 Å². The highest BCUT2D eigenvalue weighted by Crippen LogP contribution is 2.31. The normalized spacial score (nSPS) is 30.4. The fraction of sp³-hybridized carbons (Fsp3) is 0.625. The number of piperidine rings is 3. The van der Waals surface area contributed by atoms with E-state index in [-0.39, 0.29) is 6.04 Å². The Labute approximate surface area is 123 Å². The molecule has 3 fully saturated rings. The first kappa shape index (κ1) is 14.9. The first-order chi connectivity index (χ1) is 9.93. The summed E-state index contributed by atoms with van der Waals surface area (Å²) in [6, 6.07) is 6.06. The molecule has 0 aromatic heterocycles. The van der Waals surface area contributed by atoms with Crippen LogP contribution in [0.2, 0.25) is 0 Å². The lowest BCUT2D eigenvalue weighted by Crippen LogP contribution is -2.56. The molecule has 1 N–H and O–H groups in total. The quantitative estimate of drug-likeness (QED) is 0.919. The first-order valence-corrected chi connectivity index (χ1v) is 7.59. The summed E-state index contributed by atoms with van der Waals surface area (Å²) in [4.78, 5) is 2.47. The Hall–Kier alpha value is -1.07. The number of benzene rings is 1. The Bertz CT molecular complexity index is 475. The largest absolute Gasteiger partial charge is 0.416 e. The summed E-state index contributed by atoms with van der Waals surface area (Å²) < 4.78 is 37.7. The van der Waals surface area contributed by atoms with Crippen molar-refractivity contribution >= 4 is 0 Å². The van der Waals surface area contributed by atoms with Gasteiger partial charge in [0.2, 0.25) is 0 Å². The minimum Gasteiger partial charge on any atom is -0.306 e. The number of nitrogens with one attached hydrogen (secondary N) is 1. The van der Waals surface area contributed by atoms with Gasteiger partial charge in [-0.3, -0.25) is 0 Å². The summed E-state index contributed by atoms with van der Waals surface area (Å²) >= 11 is 0. The first-order valence-electron chi connectivity index (χ1n) is 7.59. The minimum atomic E-state index is -4.26. The maximum Gasteiger partial charge on any atom is 0.416 e. The average Bonchev–Trinajstić information content (AvgIpc) is 2.48.